The Bertz CT molecular complexity index is 563. The minimum atomic E-state index is -0.0529. The van der Waals surface area contributed by atoms with Crippen LogP contribution >= 0.6 is 11.3 Å². The molecule has 0 amide bonds. The van der Waals surface area contributed by atoms with Crippen LogP contribution in [-0.2, 0) is 11.2 Å². The number of benzene rings is 1. The van der Waals surface area contributed by atoms with E-state index >= 15 is 0 Å². The smallest absolute Gasteiger partial charge is 0.154 e. The molecule has 2 rings (SSSR count). The normalized spacial score (nSPS) is 10.1. The molecule has 86 valence electrons. The molecule has 0 radical (unpaired) electrons. The van der Waals surface area contributed by atoms with E-state index in [0.29, 0.717) is 16.9 Å². The van der Waals surface area contributed by atoms with Gasteiger partial charge < -0.3 is 9.90 Å². The molecule has 0 aliphatic rings. The van der Waals surface area contributed by atoms with Crippen LogP contribution in [0.3, 0.4) is 0 Å². The first-order valence-corrected chi connectivity index (χ1v) is 5.73. The number of aromatic hydroxyl groups is 1. The molecule has 0 saturated carbocycles. The summed E-state index contributed by atoms with van der Waals surface area (Å²) in [6.07, 6.45) is 3.26. The van der Waals surface area contributed by atoms with Crippen LogP contribution in [0.1, 0.15) is 15.4 Å². The predicted octanol–water partition coefficient (Wildman–Crippen LogP) is 2.07. The van der Waals surface area contributed by atoms with Crippen molar-refractivity contribution in [3.63, 3.8) is 0 Å². The second kappa shape index (κ2) is 4.88. The number of hydrogen-bond donors (Lipinski definition) is 1. The van der Waals surface area contributed by atoms with E-state index in [2.05, 4.69) is 4.98 Å². The fourth-order valence-corrected chi connectivity index (χ4v) is 2.40. The molecule has 0 bridgehead atoms. The summed E-state index contributed by atoms with van der Waals surface area (Å²) in [7, 11) is 0. The molecule has 1 aromatic carbocycles. The van der Waals surface area contributed by atoms with E-state index in [1.165, 1.54) is 17.4 Å². The van der Waals surface area contributed by atoms with Crippen LogP contribution in [0.5, 0.6) is 5.75 Å². The van der Waals surface area contributed by atoms with Crippen LogP contribution < -0.4 is 0 Å². The van der Waals surface area contributed by atoms with Crippen LogP contribution in [0, 0.1) is 0 Å². The minimum absolute atomic E-state index is 0.0529. The van der Waals surface area contributed by atoms with Gasteiger partial charge in [0.05, 0.1) is 16.9 Å². The second-order valence-corrected chi connectivity index (χ2v) is 4.46. The maximum absolute atomic E-state index is 10.9. The van der Waals surface area contributed by atoms with Crippen molar-refractivity contribution < 1.29 is 14.7 Å². The van der Waals surface area contributed by atoms with Crippen LogP contribution in [0.2, 0.25) is 0 Å². The Morgan fingerprint density at radius 1 is 1.35 bits per heavy atom. The molecule has 17 heavy (non-hydrogen) atoms. The Morgan fingerprint density at radius 2 is 2.18 bits per heavy atom. The van der Waals surface area contributed by atoms with E-state index in [1.54, 1.807) is 18.3 Å². The fraction of sp³-hybridized carbons (Fsp3) is 0.0833. The van der Waals surface area contributed by atoms with Gasteiger partial charge in [-0.1, -0.05) is 12.1 Å². The van der Waals surface area contributed by atoms with Crippen molar-refractivity contribution in [3.8, 4) is 16.2 Å². The summed E-state index contributed by atoms with van der Waals surface area (Å²) in [5, 5.41) is 10.2. The molecular weight excluding hydrogens is 238 g/mol. The molecule has 0 unspecified atom stereocenters. The molecule has 1 aromatic heterocycles. The van der Waals surface area contributed by atoms with Crippen LogP contribution in [0.4, 0.5) is 0 Å². The predicted molar refractivity (Wildman–Crippen MR) is 64.4 cm³/mol. The average molecular weight is 247 g/mol. The van der Waals surface area contributed by atoms with E-state index < -0.39 is 0 Å². The number of carbonyl (C=O) groups is 2. The number of thiazole rings is 1. The molecular formula is C12H9NO3S. The molecule has 4 nitrogen and oxygen atoms in total. The summed E-state index contributed by atoms with van der Waals surface area (Å²) in [5.74, 6) is -0.0529. The lowest BCUT2D eigenvalue weighted by molar-refractivity contribution is -0.107. The van der Waals surface area contributed by atoms with Crippen LogP contribution in [-0.4, -0.2) is 22.7 Å². The van der Waals surface area contributed by atoms with Gasteiger partial charge in [-0.15, -0.1) is 11.3 Å². The van der Waals surface area contributed by atoms with Crippen molar-refractivity contribution in [1.82, 2.24) is 4.98 Å². The molecule has 1 heterocycles. The maximum atomic E-state index is 10.9. The Kier molecular flexibility index (Phi) is 3.30. The SMILES string of the molecule is O=CCc1ncc(-c2cccc(O)c2C=O)s1. The summed E-state index contributed by atoms with van der Waals surface area (Å²) in [5.41, 5.74) is 0.878. The summed E-state index contributed by atoms with van der Waals surface area (Å²) in [6, 6.07) is 4.86. The number of carbonyl (C=O) groups excluding carboxylic acids is 2. The van der Waals surface area contributed by atoms with Gasteiger partial charge in [-0.3, -0.25) is 4.79 Å². The molecule has 0 fully saturated rings. The van der Waals surface area contributed by atoms with Gasteiger partial charge in [0.1, 0.15) is 17.0 Å². The number of aromatic nitrogens is 1. The Balaban J connectivity index is 2.48. The molecule has 5 heteroatoms. The zero-order valence-electron chi connectivity index (χ0n) is 8.79. The first kappa shape index (κ1) is 11.5. The molecule has 0 aliphatic carbocycles. The number of rotatable bonds is 4. The topological polar surface area (TPSA) is 67.3 Å². The third kappa shape index (κ3) is 2.24. The van der Waals surface area contributed by atoms with Gasteiger partial charge in [-0.2, -0.15) is 0 Å². The molecule has 0 spiro atoms. The van der Waals surface area contributed by atoms with Gasteiger partial charge in [0.15, 0.2) is 6.29 Å². The van der Waals surface area contributed by atoms with Gasteiger partial charge in [0.25, 0.3) is 0 Å². The van der Waals surface area contributed by atoms with Crippen molar-refractivity contribution in [1.29, 1.82) is 0 Å². The second-order valence-electron chi connectivity index (χ2n) is 3.35. The van der Waals surface area contributed by atoms with Crippen molar-refractivity contribution in [2.75, 3.05) is 0 Å². The first-order chi connectivity index (χ1) is 8.26. The Labute approximate surface area is 102 Å². The zero-order chi connectivity index (χ0) is 12.3. The van der Waals surface area contributed by atoms with Gasteiger partial charge in [-0.05, 0) is 6.07 Å². The lowest BCUT2D eigenvalue weighted by Crippen LogP contribution is -1.85. The third-order valence-corrected chi connectivity index (χ3v) is 3.33. The van der Waals surface area contributed by atoms with Gasteiger partial charge in [0, 0.05) is 11.8 Å². The largest absolute Gasteiger partial charge is 0.507 e. The minimum Gasteiger partial charge on any atom is -0.507 e. The molecule has 0 saturated heterocycles. The average Bonchev–Trinajstić information content (AvgIpc) is 2.78. The van der Waals surface area contributed by atoms with Gasteiger partial charge >= 0.3 is 0 Å². The van der Waals surface area contributed by atoms with Crippen LogP contribution in [0.15, 0.2) is 24.4 Å². The highest BCUT2D eigenvalue weighted by Gasteiger charge is 2.11. The van der Waals surface area contributed by atoms with E-state index in [-0.39, 0.29) is 17.7 Å². The quantitative estimate of drug-likeness (QED) is 0.840. The van der Waals surface area contributed by atoms with Crippen molar-refractivity contribution in [2.24, 2.45) is 0 Å². The van der Waals surface area contributed by atoms with Crippen LogP contribution in [0.25, 0.3) is 10.4 Å². The third-order valence-electron chi connectivity index (χ3n) is 2.28. The number of hydrogen-bond acceptors (Lipinski definition) is 5. The summed E-state index contributed by atoms with van der Waals surface area (Å²) < 4.78 is 0. The Hall–Kier alpha value is -2.01. The summed E-state index contributed by atoms with van der Waals surface area (Å²) >= 11 is 1.34. The number of phenolic OH excluding ortho intramolecular Hbond substituents is 1. The summed E-state index contributed by atoms with van der Waals surface area (Å²) in [4.78, 5) is 26.1. The molecule has 0 atom stereocenters. The number of aldehydes is 2. The lowest BCUT2D eigenvalue weighted by Gasteiger charge is -2.02. The van der Waals surface area contributed by atoms with E-state index in [4.69, 9.17) is 0 Å². The lowest BCUT2D eigenvalue weighted by atomic mass is 10.1. The van der Waals surface area contributed by atoms with Gasteiger partial charge in [0.2, 0.25) is 0 Å². The monoisotopic (exact) mass is 247 g/mol. The molecule has 1 N–H and O–H groups in total. The van der Waals surface area contributed by atoms with Gasteiger partial charge in [-0.25, -0.2) is 4.98 Å². The fourth-order valence-electron chi connectivity index (χ4n) is 1.49. The highest BCUT2D eigenvalue weighted by atomic mass is 32.1. The molecule has 2 aromatic rings. The van der Waals surface area contributed by atoms with E-state index in [1.807, 2.05) is 0 Å². The molecule has 0 aliphatic heterocycles. The van der Waals surface area contributed by atoms with E-state index in [0.717, 1.165) is 11.2 Å². The van der Waals surface area contributed by atoms with Crippen molar-refractivity contribution in [3.05, 3.63) is 35.0 Å². The highest BCUT2D eigenvalue weighted by Crippen LogP contribution is 2.32. The van der Waals surface area contributed by atoms with E-state index in [9.17, 15) is 14.7 Å². The number of phenols is 1. The standard InChI is InChI=1S/C12H9NO3S/c14-5-4-12-13-6-11(17-12)8-2-1-3-10(16)9(8)7-15/h1-3,5-7,16H,4H2. The maximum Gasteiger partial charge on any atom is 0.154 e. The highest BCUT2D eigenvalue weighted by molar-refractivity contribution is 7.15. The first-order valence-electron chi connectivity index (χ1n) is 4.92. The summed E-state index contributed by atoms with van der Waals surface area (Å²) in [6.45, 7) is 0. The van der Waals surface area contributed by atoms with Crippen molar-refractivity contribution in [2.45, 2.75) is 6.42 Å². The Morgan fingerprint density at radius 3 is 2.88 bits per heavy atom. The zero-order valence-corrected chi connectivity index (χ0v) is 9.61. The number of nitrogens with zero attached hydrogens (tertiary/aromatic N) is 1. The van der Waals surface area contributed by atoms with Crippen molar-refractivity contribution >= 4 is 23.9 Å².